The Balaban J connectivity index is 2.02. The Morgan fingerprint density at radius 1 is 0.880 bits per heavy atom. The van der Waals surface area contributed by atoms with E-state index in [0.717, 1.165) is 25.2 Å². The number of aliphatic carboxylic acids is 2. The summed E-state index contributed by atoms with van der Waals surface area (Å²) >= 11 is 0. The lowest BCUT2D eigenvalue weighted by Crippen LogP contribution is -2.41. The summed E-state index contributed by atoms with van der Waals surface area (Å²) in [4.78, 5) is 33.3. The van der Waals surface area contributed by atoms with Crippen LogP contribution in [0.4, 0.5) is 0 Å². The van der Waals surface area contributed by atoms with Crippen molar-refractivity contribution in [3.8, 4) is 0 Å². The van der Waals surface area contributed by atoms with Gasteiger partial charge in [-0.25, -0.2) is 4.79 Å². The molecule has 1 rings (SSSR count). The van der Waals surface area contributed by atoms with Crippen LogP contribution in [-0.4, -0.2) is 34.1 Å². The van der Waals surface area contributed by atoms with Crippen molar-refractivity contribution in [2.75, 3.05) is 0 Å². The lowest BCUT2D eigenvalue weighted by atomic mass is 9.85. The predicted molar refractivity (Wildman–Crippen MR) is 95.3 cm³/mol. The average molecular weight is 355 g/mol. The molecule has 1 atom stereocenters. The Bertz CT molecular complexity index is 418. The summed E-state index contributed by atoms with van der Waals surface area (Å²) in [5.41, 5.74) is 0. The van der Waals surface area contributed by atoms with Crippen molar-refractivity contribution in [1.82, 2.24) is 5.32 Å². The molecule has 0 aliphatic heterocycles. The van der Waals surface area contributed by atoms with E-state index in [1.807, 2.05) is 0 Å². The number of carboxylic acid groups (broad SMARTS) is 2. The number of amides is 1. The Hall–Kier alpha value is -1.59. The van der Waals surface area contributed by atoms with Gasteiger partial charge in [0, 0.05) is 12.8 Å². The van der Waals surface area contributed by atoms with Gasteiger partial charge in [-0.15, -0.1) is 0 Å². The molecule has 1 amide bonds. The highest BCUT2D eigenvalue weighted by molar-refractivity contribution is 5.83. The zero-order valence-electron chi connectivity index (χ0n) is 15.2. The van der Waals surface area contributed by atoms with Gasteiger partial charge in [-0.3, -0.25) is 9.59 Å². The van der Waals surface area contributed by atoms with Crippen molar-refractivity contribution >= 4 is 17.8 Å². The van der Waals surface area contributed by atoms with Gasteiger partial charge in [-0.2, -0.15) is 0 Å². The summed E-state index contributed by atoms with van der Waals surface area (Å²) in [5, 5.41) is 20.0. The molecule has 0 saturated heterocycles. The van der Waals surface area contributed by atoms with E-state index in [-0.39, 0.29) is 18.7 Å². The molecule has 1 saturated carbocycles. The van der Waals surface area contributed by atoms with Crippen LogP contribution in [0.3, 0.4) is 0 Å². The van der Waals surface area contributed by atoms with Crippen molar-refractivity contribution in [2.24, 2.45) is 5.92 Å². The molecule has 0 aromatic heterocycles. The monoisotopic (exact) mass is 355 g/mol. The summed E-state index contributed by atoms with van der Waals surface area (Å²) in [6.45, 7) is 0. The fourth-order valence-electron chi connectivity index (χ4n) is 3.52. The van der Waals surface area contributed by atoms with Crippen LogP contribution >= 0.6 is 0 Å². The summed E-state index contributed by atoms with van der Waals surface area (Å²) in [6.07, 6.45) is 13.6. The van der Waals surface area contributed by atoms with E-state index < -0.39 is 18.0 Å². The van der Waals surface area contributed by atoms with E-state index in [1.165, 1.54) is 51.4 Å². The number of unbranched alkanes of at least 4 members (excludes halogenated alkanes) is 4. The molecule has 0 bridgehead atoms. The zero-order valence-corrected chi connectivity index (χ0v) is 15.2. The van der Waals surface area contributed by atoms with E-state index in [0.29, 0.717) is 6.42 Å². The maximum atomic E-state index is 11.8. The molecule has 6 nitrogen and oxygen atoms in total. The van der Waals surface area contributed by atoms with Crippen LogP contribution in [0.5, 0.6) is 0 Å². The van der Waals surface area contributed by atoms with Gasteiger partial charge in [0.2, 0.25) is 5.91 Å². The van der Waals surface area contributed by atoms with Crippen molar-refractivity contribution in [3.05, 3.63) is 0 Å². The molecule has 0 radical (unpaired) electrons. The van der Waals surface area contributed by atoms with Crippen LogP contribution in [0, 0.1) is 5.92 Å². The highest BCUT2D eigenvalue weighted by atomic mass is 16.4. The zero-order chi connectivity index (χ0) is 18.5. The number of nitrogens with one attached hydrogen (secondary N) is 1. The Morgan fingerprint density at radius 2 is 1.52 bits per heavy atom. The molecule has 1 aliphatic carbocycles. The van der Waals surface area contributed by atoms with Gasteiger partial charge in [0.05, 0.1) is 0 Å². The van der Waals surface area contributed by atoms with Crippen LogP contribution < -0.4 is 5.32 Å². The Morgan fingerprint density at radius 3 is 2.16 bits per heavy atom. The van der Waals surface area contributed by atoms with Gasteiger partial charge in [-0.05, 0) is 18.8 Å². The largest absolute Gasteiger partial charge is 0.481 e. The summed E-state index contributed by atoms with van der Waals surface area (Å²) in [5.74, 6) is -1.62. The fraction of sp³-hybridized carbons (Fsp3) is 0.842. The maximum absolute atomic E-state index is 11.8. The Labute approximate surface area is 150 Å². The lowest BCUT2D eigenvalue weighted by Gasteiger charge is -2.21. The number of hydrogen-bond donors (Lipinski definition) is 3. The molecule has 6 heteroatoms. The van der Waals surface area contributed by atoms with Crippen LogP contribution in [0.2, 0.25) is 0 Å². The Kier molecular flexibility index (Phi) is 10.9. The molecule has 1 aliphatic rings. The van der Waals surface area contributed by atoms with E-state index in [4.69, 9.17) is 10.2 Å². The van der Waals surface area contributed by atoms with E-state index in [1.54, 1.807) is 0 Å². The number of carboxylic acids is 2. The highest BCUT2D eigenvalue weighted by Crippen LogP contribution is 2.28. The summed E-state index contributed by atoms with van der Waals surface area (Å²) < 4.78 is 0. The van der Waals surface area contributed by atoms with Crippen molar-refractivity contribution in [1.29, 1.82) is 0 Å². The van der Waals surface area contributed by atoms with Crippen LogP contribution in [0.1, 0.15) is 89.9 Å². The first kappa shape index (κ1) is 21.5. The molecule has 0 spiro atoms. The van der Waals surface area contributed by atoms with Gasteiger partial charge < -0.3 is 15.5 Å². The SMILES string of the molecule is O=C(O)CC[C@H](NC(=O)CCCCCCCC1CCCCC1)C(=O)O. The van der Waals surface area contributed by atoms with E-state index in [2.05, 4.69) is 5.32 Å². The molecule has 0 aromatic carbocycles. The molecule has 1 fully saturated rings. The lowest BCUT2D eigenvalue weighted by molar-refractivity contribution is -0.143. The number of rotatable bonds is 13. The molecule has 0 aromatic rings. The van der Waals surface area contributed by atoms with Crippen molar-refractivity contribution in [2.45, 2.75) is 95.9 Å². The van der Waals surface area contributed by atoms with Gasteiger partial charge in [0.1, 0.15) is 6.04 Å². The minimum absolute atomic E-state index is 0.0857. The third kappa shape index (κ3) is 10.8. The van der Waals surface area contributed by atoms with Crippen LogP contribution in [0.25, 0.3) is 0 Å². The average Bonchev–Trinajstić information content (AvgIpc) is 2.58. The van der Waals surface area contributed by atoms with Gasteiger partial charge in [0.15, 0.2) is 0 Å². The van der Waals surface area contributed by atoms with Crippen molar-refractivity contribution < 1.29 is 24.6 Å². The van der Waals surface area contributed by atoms with Gasteiger partial charge >= 0.3 is 11.9 Å². The molecule has 3 N–H and O–H groups in total. The first-order valence-electron chi connectivity index (χ1n) is 9.73. The predicted octanol–water partition coefficient (Wildman–Crippen LogP) is 3.73. The third-order valence-electron chi connectivity index (χ3n) is 5.02. The molecule has 0 unspecified atom stereocenters. The van der Waals surface area contributed by atoms with Crippen LogP contribution in [-0.2, 0) is 14.4 Å². The van der Waals surface area contributed by atoms with E-state index >= 15 is 0 Å². The smallest absolute Gasteiger partial charge is 0.326 e. The standard InChI is InChI=1S/C19H33NO5/c21-17(20-16(19(24)25)13-14-18(22)23)12-8-3-1-2-5-9-15-10-6-4-7-11-15/h15-16H,1-14H2,(H,20,21)(H,22,23)(H,24,25)/t16-/m0/s1. The van der Waals surface area contributed by atoms with E-state index in [9.17, 15) is 14.4 Å². The second kappa shape index (κ2) is 12.7. The first-order valence-corrected chi connectivity index (χ1v) is 9.73. The number of hydrogen-bond acceptors (Lipinski definition) is 3. The van der Waals surface area contributed by atoms with Gasteiger partial charge in [-0.1, -0.05) is 64.2 Å². The maximum Gasteiger partial charge on any atom is 0.326 e. The topological polar surface area (TPSA) is 104 Å². The minimum Gasteiger partial charge on any atom is -0.481 e. The third-order valence-corrected chi connectivity index (χ3v) is 5.02. The first-order chi connectivity index (χ1) is 12.0. The molecule has 144 valence electrons. The second-order valence-electron chi connectivity index (χ2n) is 7.20. The number of carbonyl (C=O) groups is 3. The number of carbonyl (C=O) groups excluding carboxylic acids is 1. The second-order valence-corrected chi connectivity index (χ2v) is 7.20. The van der Waals surface area contributed by atoms with Crippen LogP contribution in [0.15, 0.2) is 0 Å². The quantitative estimate of drug-likeness (QED) is 0.437. The fourth-order valence-corrected chi connectivity index (χ4v) is 3.52. The summed E-state index contributed by atoms with van der Waals surface area (Å²) in [6, 6.07) is -1.11. The molecule has 0 heterocycles. The van der Waals surface area contributed by atoms with Crippen molar-refractivity contribution in [3.63, 3.8) is 0 Å². The highest BCUT2D eigenvalue weighted by Gasteiger charge is 2.20. The minimum atomic E-state index is -1.18. The van der Waals surface area contributed by atoms with Gasteiger partial charge in [0.25, 0.3) is 0 Å². The molecular formula is C19H33NO5. The summed E-state index contributed by atoms with van der Waals surface area (Å²) in [7, 11) is 0. The molecule has 25 heavy (non-hydrogen) atoms. The normalized spacial score (nSPS) is 16.3. The molecular weight excluding hydrogens is 322 g/mol.